The summed E-state index contributed by atoms with van der Waals surface area (Å²) in [4.78, 5) is 41.4. The Bertz CT molecular complexity index is 1310. The highest BCUT2D eigenvalue weighted by atomic mass is 32.1. The summed E-state index contributed by atoms with van der Waals surface area (Å²) in [7, 11) is 0. The molecule has 0 spiro atoms. The molecule has 3 aromatic heterocycles. The molecule has 3 heterocycles. The van der Waals surface area contributed by atoms with Crippen LogP contribution in [-0.2, 0) is 16.1 Å². The molecule has 0 bridgehead atoms. The number of aryl methyl sites for hydroxylation is 1. The van der Waals surface area contributed by atoms with E-state index >= 15 is 0 Å². The third kappa shape index (κ3) is 3.64. The monoisotopic (exact) mass is 423 g/mol. The van der Waals surface area contributed by atoms with Gasteiger partial charge in [0.1, 0.15) is 12.1 Å². The van der Waals surface area contributed by atoms with E-state index in [1.54, 1.807) is 36.5 Å². The number of aromatic nitrogens is 5. The highest BCUT2D eigenvalue weighted by molar-refractivity contribution is 7.12. The maximum Gasteiger partial charge on any atom is 0.328 e. The summed E-state index contributed by atoms with van der Waals surface area (Å²) in [6.45, 7) is 2.83. The van der Waals surface area contributed by atoms with Gasteiger partial charge in [-0.3, -0.25) is 19.0 Å². The lowest BCUT2D eigenvalue weighted by Crippen LogP contribution is -2.29. The molecule has 1 aromatic carbocycles. The van der Waals surface area contributed by atoms with Crippen molar-refractivity contribution in [1.29, 1.82) is 0 Å². The number of ketones is 1. The summed E-state index contributed by atoms with van der Waals surface area (Å²) in [6.07, 6.45) is 1.69. The van der Waals surface area contributed by atoms with E-state index in [-0.39, 0.29) is 5.78 Å². The first-order chi connectivity index (χ1) is 14.5. The van der Waals surface area contributed by atoms with Gasteiger partial charge >= 0.3 is 5.97 Å². The Labute approximate surface area is 174 Å². The molecule has 4 rings (SSSR count). The summed E-state index contributed by atoms with van der Waals surface area (Å²) in [6, 6.07) is 8.45. The van der Waals surface area contributed by atoms with Crippen LogP contribution in [-0.4, -0.2) is 42.9 Å². The molecule has 0 amide bonds. The van der Waals surface area contributed by atoms with Crippen molar-refractivity contribution in [3.63, 3.8) is 0 Å². The molecule has 0 aliphatic heterocycles. The molecule has 0 radical (unpaired) electrons. The average molecular weight is 423 g/mol. The zero-order valence-electron chi connectivity index (χ0n) is 16.2. The van der Waals surface area contributed by atoms with Crippen molar-refractivity contribution >= 4 is 34.0 Å². The summed E-state index contributed by atoms with van der Waals surface area (Å²) in [5.41, 5.74) is 2.03. The number of nitrogens with zero attached hydrogens (tertiary/aromatic N) is 5. The van der Waals surface area contributed by atoms with Gasteiger partial charge in [-0.05, 0) is 32.0 Å². The Balaban J connectivity index is 1.45. The quantitative estimate of drug-likeness (QED) is 0.345. The lowest BCUT2D eigenvalue weighted by Gasteiger charge is -2.07. The Hall–Kier alpha value is -3.66. The summed E-state index contributed by atoms with van der Waals surface area (Å²) in [5.74, 6) is -1.08. The molecule has 9 nitrogen and oxygen atoms in total. The number of benzene rings is 1. The molecule has 0 fully saturated rings. The first-order valence-electron chi connectivity index (χ1n) is 9.06. The number of hydrogen-bond donors (Lipinski definition) is 0. The third-order valence-corrected chi connectivity index (χ3v) is 5.37. The van der Waals surface area contributed by atoms with E-state index in [2.05, 4.69) is 15.3 Å². The molecular weight excluding hydrogens is 406 g/mol. The average Bonchev–Trinajstić information content (AvgIpc) is 3.36. The van der Waals surface area contributed by atoms with Gasteiger partial charge in [-0.1, -0.05) is 17.3 Å². The first kappa shape index (κ1) is 19.6. The van der Waals surface area contributed by atoms with Gasteiger partial charge < -0.3 is 4.74 Å². The van der Waals surface area contributed by atoms with Crippen LogP contribution in [0, 0.1) is 13.8 Å². The number of fused-ring (bicyclic) bond motifs is 1. The number of esters is 1. The second-order valence-corrected chi connectivity index (χ2v) is 7.46. The van der Waals surface area contributed by atoms with Crippen molar-refractivity contribution in [2.24, 2.45) is 0 Å². The molecule has 0 atom stereocenters. The summed E-state index contributed by atoms with van der Waals surface area (Å²) >= 11 is 1.46. The standard InChI is InChI=1S/C20H17N5O4S/c1-12-9-15(13(2)25(12)20-21-7-8-30-20)17(26)11-29-18(27)10-24-19(28)14-5-3-4-6-16(14)22-23-24/h3-9H,10-11H2,1-2H3. The van der Waals surface area contributed by atoms with Gasteiger partial charge in [-0.2, -0.15) is 4.68 Å². The van der Waals surface area contributed by atoms with E-state index in [1.165, 1.54) is 11.3 Å². The van der Waals surface area contributed by atoms with E-state index in [1.807, 2.05) is 23.8 Å². The van der Waals surface area contributed by atoms with E-state index in [4.69, 9.17) is 4.74 Å². The number of carbonyl (C=O) groups is 2. The van der Waals surface area contributed by atoms with Crippen LogP contribution in [0.4, 0.5) is 0 Å². The summed E-state index contributed by atoms with van der Waals surface area (Å²) in [5, 5.41) is 10.6. The van der Waals surface area contributed by atoms with Gasteiger partial charge in [0.25, 0.3) is 5.56 Å². The van der Waals surface area contributed by atoms with Gasteiger partial charge in [0.05, 0.1) is 5.39 Å². The number of thiazole rings is 1. The second kappa shape index (κ2) is 7.99. The van der Waals surface area contributed by atoms with Crippen LogP contribution in [0.1, 0.15) is 21.7 Å². The van der Waals surface area contributed by atoms with Crippen LogP contribution in [0.25, 0.3) is 16.0 Å². The summed E-state index contributed by atoms with van der Waals surface area (Å²) < 4.78 is 7.88. The lowest BCUT2D eigenvalue weighted by atomic mass is 10.1. The van der Waals surface area contributed by atoms with Crippen LogP contribution in [0.15, 0.2) is 46.7 Å². The largest absolute Gasteiger partial charge is 0.456 e. The molecule has 0 saturated carbocycles. The second-order valence-electron chi connectivity index (χ2n) is 6.59. The van der Waals surface area contributed by atoms with Crippen molar-refractivity contribution < 1.29 is 14.3 Å². The number of Topliss-reactive ketones (excluding diaryl/α,β-unsaturated/α-hetero) is 1. The third-order valence-electron chi connectivity index (χ3n) is 4.61. The molecule has 0 unspecified atom stereocenters. The number of ether oxygens (including phenoxy) is 1. The number of hydrogen-bond acceptors (Lipinski definition) is 8. The van der Waals surface area contributed by atoms with Crippen molar-refractivity contribution in [3.8, 4) is 5.13 Å². The molecule has 0 aliphatic carbocycles. The molecule has 30 heavy (non-hydrogen) atoms. The van der Waals surface area contributed by atoms with Gasteiger partial charge in [0.2, 0.25) is 5.78 Å². The van der Waals surface area contributed by atoms with Crippen molar-refractivity contribution in [3.05, 3.63) is 69.2 Å². The maximum atomic E-state index is 12.6. The predicted molar refractivity (Wildman–Crippen MR) is 110 cm³/mol. The van der Waals surface area contributed by atoms with Crippen LogP contribution >= 0.6 is 11.3 Å². The Kier molecular flexibility index (Phi) is 5.23. The van der Waals surface area contributed by atoms with E-state index in [0.717, 1.165) is 21.2 Å². The Morgan fingerprint density at radius 2 is 2.00 bits per heavy atom. The van der Waals surface area contributed by atoms with Gasteiger partial charge in [-0.15, -0.1) is 16.4 Å². The smallest absolute Gasteiger partial charge is 0.328 e. The fourth-order valence-corrected chi connectivity index (χ4v) is 3.94. The molecule has 10 heteroatoms. The predicted octanol–water partition coefficient (Wildman–Crippen LogP) is 2.08. The van der Waals surface area contributed by atoms with Crippen LogP contribution in [0.2, 0.25) is 0 Å². The fraction of sp³-hybridized carbons (Fsp3) is 0.200. The van der Waals surface area contributed by atoms with Gasteiger partial charge in [-0.25, -0.2) is 4.98 Å². The minimum atomic E-state index is -0.747. The molecule has 0 aliphatic rings. The SMILES string of the molecule is Cc1cc(C(=O)COC(=O)Cn2nnc3ccccc3c2=O)c(C)n1-c1nccs1. The van der Waals surface area contributed by atoms with Crippen LogP contribution < -0.4 is 5.56 Å². The van der Waals surface area contributed by atoms with Crippen molar-refractivity contribution in [2.75, 3.05) is 6.61 Å². The van der Waals surface area contributed by atoms with E-state index in [9.17, 15) is 14.4 Å². The lowest BCUT2D eigenvalue weighted by molar-refractivity contribution is -0.143. The van der Waals surface area contributed by atoms with Crippen molar-refractivity contribution in [1.82, 2.24) is 24.5 Å². The van der Waals surface area contributed by atoms with Gasteiger partial charge in [0, 0.05) is 28.5 Å². The zero-order valence-corrected chi connectivity index (χ0v) is 17.0. The normalized spacial score (nSPS) is 11.0. The van der Waals surface area contributed by atoms with E-state index in [0.29, 0.717) is 16.5 Å². The number of carbonyl (C=O) groups excluding carboxylic acids is 2. The molecule has 0 saturated heterocycles. The van der Waals surface area contributed by atoms with Crippen molar-refractivity contribution in [2.45, 2.75) is 20.4 Å². The Morgan fingerprint density at radius 3 is 2.77 bits per heavy atom. The highest BCUT2D eigenvalue weighted by Gasteiger charge is 2.19. The minimum absolute atomic E-state index is 0.337. The Morgan fingerprint density at radius 1 is 1.20 bits per heavy atom. The molecule has 0 N–H and O–H groups in total. The molecule has 152 valence electrons. The van der Waals surface area contributed by atoms with E-state index < -0.39 is 24.7 Å². The topological polar surface area (TPSA) is 109 Å². The molecular formula is C20H17N5O4S. The highest BCUT2D eigenvalue weighted by Crippen LogP contribution is 2.22. The van der Waals surface area contributed by atoms with Crippen LogP contribution in [0.3, 0.4) is 0 Å². The number of rotatable bonds is 6. The van der Waals surface area contributed by atoms with Crippen LogP contribution in [0.5, 0.6) is 0 Å². The minimum Gasteiger partial charge on any atom is -0.456 e. The fourth-order valence-electron chi connectivity index (χ4n) is 3.18. The molecule has 4 aromatic rings. The maximum absolute atomic E-state index is 12.6. The zero-order chi connectivity index (χ0) is 21.3. The first-order valence-corrected chi connectivity index (χ1v) is 9.94. The van der Waals surface area contributed by atoms with Gasteiger partial charge in [0.15, 0.2) is 11.7 Å².